The number of hydrogen-bond donors (Lipinski definition) is 1. The van der Waals surface area contributed by atoms with Gasteiger partial charge < -0.3 is 5.11 Å². The first kappa shape index (κ1) is 14.1. The minimum Gasteiger partial charge on any atom is -0.480 e. The standard InChI is InChI=1S/C14H23N3O2/c1-10-8-11(16(4)15-10)9-17-7-5-6-14(2,3)12(17)13(18)19/h8,12H,5-7,9H2,1-4H3,(H,18,19). The number of hydrogen-bond acceptors (Lipinski definition) is 3. The average molecular weight is 265 g/mol. The third-order valence-corrected chi connectivity index (χ3v) is 4.07. The topological polar surface area (TPSA) is 58.4 Å². The Morgan fingerprint density at radius 2 is 2.26 bits per heavy atom. The molecule has 1 unspecified atom stereocenters. The van der Waals surface area contributed by atoms with E-state index in [2.05, 4.69) is 10.00 Å². The van der Waals surface area contributed by atoms with Gasteiger partial charge in [-0.2, -0.15) is 5.10 Å². The first-order valence-electron chi connectivity index (χ1n) is 6.77. The second-order valence-corrected chi connectivity index (χ2v) is 6.20. The molecule has 1 saturated heterocycles. The van der Waals surface area contributed by atoms with Gasteiger partial charge in [-0.25, -0.2) is 0 Å². The Bertz CT molecular complexity index is 479. The highest BCUT2D eigenvalue weighted by Gasteiger charge is 2.42. The van der Waals surface area contributed by atoms with Crippen molar-refractivity contribution in [2.75, 3.05) is 6.54 Å². The third-order valence-electron chi connectivity index (χ3n) is 4.07. The van der Waals surface area contributed by atoms with Gasteiger partial charge in [0, 0.05) is 13.6 Å². The Hall–Kier alpha value is -1.36. The molecule has 1 fully saturated rings. The van der Waals surface area contributed by atoms with Crippen LogP contribution in [0.3, 0.4) is 0 Å². The molecule has 0 spiro atoms. The number of piperidine rings is 1. The van der Waals surface area contributed by atoms with Crippen LogP contribution in [0.1, 0.15) is 38.1 Å². The Morgan fingerprint density at radius 3 is 2.79 bits per heavy atom. The van der Waals surface area contributed by atoms with Gasteiger partial charge in [0.1, 0.15) is 6.04 Å². The van der Waals surface area contributed by atoms with Crippen molar-refractivity contribution in [3.8, 4) is 0 Å². The fourth-order valence-electron chi connectivity index (χ4n) is 3.18. The molecule has 0 aromatic carbocycles. The van der Waals surface area contributed by atoms with Gasteiger partial charge in [0.15, 0.2) is 0 Å². The second kappa shape index (κ2) is 4.96. The zero-order chi connectivity index (χ0) is 14.2. The van der Waals surface area contributed by atoms with E-state index >= 15 is 0 Å². The van der Waals surface area contributed by atoms with Gasteiger partial charge in [-0.1, -0.05) is 13.8 Å². The van der Waals surface area contributed by atoms with Crippen molar-refractivity contribution in [1.29, 1.82) is 0 Å². The second-order valence-electron chi connectivity index (χ2n) is 6.20. The van der Waals surface area contributed by atoms with Gasteiger partial charge in [0.2, 0.25) is 0 Å². The summed E-state index contributed by atoms with van der Waals surface area (Å²) in [4.78, 5) is 13.7. The zero-order valence-corrected chi connectivity index (χ0v) is 12.2. The number of carboxylic acid groups (broad SMARTS) is 1. The van der Waals surface area contributed by atoms with Crippen molar-refractivity contribution in [1.82, 2.24) is 14.7 Å². The van der Waals surface area contributed by atoms with Gasteiger partial charge >= 0.3 is 5.97 Å². The number of aliphatic carboxylic acids is 1. The molecule has 1 N–H and O–H groups in total. The maximum absolute atomic E-state index is 11.6. The molecule has 0 saturated carbocycles. The first-order chi connectivity index (χ1) is 8.81. The van der Waals surface area contributed by atoms with Gasteiger partial charge in [0.05, 0.1) is 11.4 Å². The number of aryl methyl sites for hydroxylation is 2. The normalized spacial score (nSPS) is 23.5. The van der Waals surface area contributed by atoms with E-state index in [1.165, 1.54) is 0 Å². The molecule has 106 valence electrons. The van der Waals surface area contributed by atoms with Crippen molar-refractivity contribution in [2.24, 2.45) is 12.5 Å². The smallest absolute Gasteiger partial charge is 0.321 e. The number of nitrogens with zero attached hydrogens (tertiary/aromatic N) is 3. The monoisotopic (exact) mass is 265 g/mol. The van der Waals surface area contributed by atoms with Crippen LogP contribution >= 0.6 is 0 Å². The summed E-state index contributed by atoms with van der Waals surface area (Å²) >= 11 is 0. The minimum atomic E-state index is -0.719. The van der Waals surface area contributed by atoms with Gasteiger partial charge in [0.25, 0.3) is 0 Å². The van der Waals surface area contributed by atoms with Crippen LogP contribution in [0.5, 0.6) is 0 Å². The molecule has 1 aromatic heterocycles. The van der Waals surface area contributed by atoms with E-state index in [1.54, 1.807) is 0 Å². The van der Waals surface area contributed by atoms with Crippen LogP contribution in [0.4, 0.5) is 0 Å². The van der Waals surface area contributed by atoms with E-state index in [4.69, 9.17) is 0 Å². The molecular weight excluding hydrogens is 242 g/mol. The molecular formula is C14H23N3O2. The Labute approximate surface area is 114 Å². The van der Waals surface area contributed by atoms with Crippen LogP contribution in [0.2, 0.25) is 0 Å². The van der Waals surface area contributed by atoms with E-state index in [0.717, 1.165) is 30.8 Å². The molecule has 1 aromatic rings. The molecule has 0 radical (unpaired) electrons. The summed E-state index contributed by atoms with van der Waals surface area (Å²) in [5.41, 5.74) is 1.86. The lowest BCUT2D eigenvalue weighted by Gasteiger charge is -2.43. The molecule has 5 heteroatoms. The van der Waals surface area contributed by atoms with Crippen molar-refractivity contribution >= 4 is 5.97 Å². The summed E-state index contributed by atoms with van der Waals surface area (Å²) in [5, 5.41) is 13.9. The Kier molecular flexibility index (Phi) is 3.67. The fraction of sp³-hybridized carbons (Fsp3) is 0.714. The summed E-state index contributed by atoms with van der Waals surface area (Å²) in [6.07, 6.45) is 2.01. The van der Waals surface area contributed by atoms with Crippen LogP contribution < -0.4 is 0 Å². The molecule has 0 bridgehead atoms. The van der Waals surface area contributed by atoms with Crippen molar-refractivity contribution in [3.63, 3.8) is 0 Å². The molecule has 1 aliphatic heterocycles. The molecule has 1 aliphatic rings. The first-order valence-corrected chi connectivity index (χ1v) is 6.77. The highest BCUT2D eigenvalue weighted by Crippen LogP contribution is 2.36. The predicted octanol–water partition coefficient (Wildman–Crippen LogP) is 1.80. The maximum atomic E-state index is 11.6. The summed E-state index contributed by atoms with van der Waals surface area (Å²) in [5.74, 6) is -0.719. The molecule has 0 aliphatic carbocycles. The van der Waals surface area contributed by atoms with Crippen LogP contribution in [-0.4, -0.2) is 38.3 Å². The zero-order valence-electron chi connectivity index (χ0n) is 12.2. The van der Waals surface area contributed by atoms with Crippen LogP contribution in [0.25, 0.3) is 0 Å². The summed E-state index contributed by atoms with van der Waals surface area (Å²) in [7, 11) is 1.91. The molecule has 1 atom stereocenters. The highest BCUT2D eigenvalue weighted by atomic mass is 16.4. The van der Waals surface area contributed by atoms with Gasteiger partial charge in [-0.3, -0.25) is 14.4 Å². The van der Waals surface area contributed by atoms with E-state index in [-0.39, 0.29) is 5.41 Å². The van der Waals surface area contributed by atoms with Crippen LogP contribution in [-0.2, 0) is 18.4 Å². The SMILES string of the molecule is Cc1cc(CN2CCCC(C)(C)C2C(=O)O)n(C)n1. The van der Waals surface area contributed by atoms with E-state index in [1.807, 2.05) is 38.6 Å². The van der Waals surface area contributed by atoms with Gasteiger partial charge in [-0.15, -0.1) is 0 Å². The lowest BCUT2D eigenvalue weighted by molar-refractivity contribution is -0.151. The lowest BCUT2D eigenvalue weighted by Crippen LogP contribution is -2.53. The lowest BCUT2D eigenvalue weighted by atomic mass is 9.76. The van der Waals surface area contributed by atoms with Crippen molar-refractivity contribution in [2.45, 2.75) is 46.2 Å². The van der Waals surface area contributed by atoms with Crippen LogP contribution in [0.15, 0.2) is 6.07 Å². The van der Waals surface area contributed by atoms with E-state index in [9.17, 15) is 9.90 Å². The number of carboxylic acids is 1. The minimum absolute atomic E-state index is 0.183. The molecule has 2 rings (SSSR count). The Balaban J connectivity index is 2.22. The summed E-state index contributed by atoms with van der Waals surface area (Å²) in [6.45, 7) is 7.54. The third kappa shape index (κ3) is 2.81. The molecule has 0 amide bonds. The van der Waals surface area contributed by atoms with Crippen LogP contribution in [0, 0.1) is 12.3 Å². The van der Waals surface area contributed by atoms with Gasteiger partial charge in [-0.05, 0) is 37.8 Å². The number of carbonyl (C=O) groups is 1. The average Bonchev–Trinajstić information content (AvgIpc) is 2.55. The van der Waals surface area contributed by atoms with E-state index < -0.39 is 12.0 Å². The number of likely N-dealkylation sites (tertiary alicyclic amines) is 1. The summed E-state index contributed by atoms with van der Waals surface area (Å²) in [6, 6.07) is 1.61. The quantitative estimate of drug-likeness (QED) is 0.905. The van der Waals surface area contributed by atoms with Crippen molar-refractivity contribution < 1.29 is 9.90 Å². The summed E-state index contributed by atoms with van der Waals surface area (Å²) < 4.78 is 1.84. The number of aromatic nitrogens is 2. The molecule has 5 nitrogen and oxygen atoms in total. The largest absolute Gasteiger partial charge is 0.480 e. The predicted molar refractivity (Wildman–Crippen MR) is 72.8 cm³/mol. The molecule has 2 heterocycles. The van der Waals surface area contributed by atoms with Crippen molar-refractivity contribution in [3.05, 3.63) is 17.5 Å². The maximum Gasteiger partial charge on any atom is 0.321 e. The molecule has 19 heavy (non-hydrogen) atoms. The fourth-order valence-corrected chi connectivity index (χ4v) is 3.18. The number of rotatable bonds is 3. The van der Waals surface area contributed by atoms with E-state index in [0.29, 0.717) is 6.54 Å². The Morgan fingerprint density at radius 1 is 1.58 bits per heavy atom. The highest BCUT2D eigenvalue weighted by molar-refractivity contribution is 5.74.